The summed E-state index contributed by atoms with van der Waals surface area (Å²) in [6, 6.07) is 6.06. The molecule has 1 amide bonds. The lowest BCUT2D eigenvalue weighted by atomic mass is 10.0. The van der Waals surface area contributed by atoms with E-state index in [1.54, 1.807) is 0 Å². The average molecular weight is 511 g/mol. The number of benzene rings is 2. The van der Waals surface area contributed by atoms with Gasteiger partial charge in [0.15, 0.2) is 17.5 Å². The molecule has 8 nitrogen and oxygen atoms in total. The highest BCUT2D eigenvalue weighted by atomic mass is 19.2. The van der Waals surface area contributed by atoms with E-state index in [-0.39, 0.29) is 11.1 Å². The van der Waals surface area contributed by atoms with Crippen LogP contribution in [0.25, 0.3) is 11.0 Å². The standard InChI is InChI=1S/C25H17F4N5O3/c26-14-3-1-2-13(8-14)25(36)33-17-9-15(27)22(28)21(23(17)29)24(35)18-10-16-19(11-30-18)31-12-20(32-16)34-4-6-37-7-5-34/h1-3,8-12H,4-7H2,(H,33,36). The van der Waals surface area contributed by atoms with E-state index in [9.17, 15) is 22.8 Å². The quantitative estimate of drug-likeness (QED) is 0.247. The Labute approximate surface area is 206 Å². The number of amides is 1. The summed E-state index contributed by atoms with van der Waals surface area (Å²) >= 11 is 0. The maximum absolute atomic E-state index is 15.2. The number of pyridine rings is 1. The monoisotopic (exact) mass is 511 g/mol. The van der Waals surface area contributed by atoms with Gasteiger partial charge in [-0.15, -0.1) is 0 Å². The number of aromatic nitrogens is 3. The summed E-state index contributed by atoms with van der Waals surface area (Å²) in [6.45, 7) is 2.19. The molecule has 2 aromatic carbocycles. The number of ether oxygens (including phenoxy) is 1. The van der Waals surface area contributed by atoms with E-state index < -0.39 is 51.9 Å². The third-order valence-corrected chi connectivity index (χ3v) is 5.70. The van der Waals surface area contributed by atoms with Crippen molar-refractivity contribution in [2.45, 2.75) is 0 Å². The molecule has 1 N–H and O–H groups in total. The van der Waals surface area contributed by atoms with Crippen molar-refractivity contribution in [1.29, 1.82) is 0 Å². The molecule has 4 aromatic rings. The lowest BCUT2D eigenvalue weighted by Gasteiger charge is -2.27. The lowest BCUT2D eigenvalue weighted by Crippen LogP contribution is -2.36. The predicted octanol–water partition coefficient (Wildman–Crippen LogP) is 3.90. The second-order valence-corrected chi connectivity index (χ2v) is 8.09. The Balaban J connectivity index is 1.49. The van der Waals surface area contributed by atoms with E-state index in [0.717, 1.165) is 12.1 Å². The summed E-state index contributed by atoms with van der Waals surface area (Å²) in [7, 11) is 0. The Hall–Kier alpha value is -4.45. The maximum Gasteiger partial charge on any atom is 0.255 e. The minimum absolute atomic E-state index is 0.192. The molecule has 0 unspecified atom stereocenters. The minimum atomic E-state index is -1.75. The van der Waals surface area contributed by atoms with Crippen molar-refractivity contribution in [3.8, 4) is 0 Å². The second-order valence-electron chi connectivity index (χ2n) is 8.09. The molecule has 0 aliphatic carbocycles. The largest absolute Gasteiger partial charge is 0.378 e. The third kappa shape index (κ3) is 4.83. The topological polar surface area (TPSA) is 97.3 Å². The number of nitrogens with one attached hydrogen (secondary N) is 1. The summed E-state index contributed by atoms with van der Waals surface area (Å²) in [6.07, 6.45) is 2.75. The van der Waals surface area contributed by atoms with Gasteiger partial charge in [0.05, 0.1) is 36.8 Å². The number of hydrogen-bond acceptors (Lipinski definition) is 7. The van der Waals surface area contributed by atoms with Gasteiger partial charge in [-0.3, -0.25) is 14.6 Å². The summed E-state index contributed by atoms with van der Waals surface area (Å²) in [5, 5.41) is 2.04. The van der Waals surface area contributed by atoms with Gasteiger partial charge >= 0.3 is 0 Å². The van der Waals surface area contributed by atoms with Crippen LogP contribution in [0.3, 0.4) is 0 Å². The maximum atomic E-state index is 15.2. The fraction of sp³-hybridized carbons (Fsp3) is 0.160. The number of carbonyl (C=O) groups excluding carboxylic acids is 2. The first kappa shape index (κ1) is 24.3. The molecule has 188 valence electrons. The van der Waals surface area contributed by atoms with Gasteiger partial charge in [0.25, 0.3) is 5.91 Å². The van der Waals surface area contributed by atoms with Gasteiger partial charge in [-0.05, 0) is 24.3 Å². The van der Waals surface area contributed by atoms with E-state index in [1.165, 1.54) is 30.6 Å². The molecule has 37 heavy (non-hydrogen) atoms. The molecule has 0 radical (unpaired) electrons. The van der Waals surface area contributed by atoms with Gasteiger partial charge in [-0.2, -0.15) is 0 Å². The van der Waals surface area contributed by atoms with Crippen molar-refractivity contribution in [2.75, 3.05) is 36.5 Å². The predicted molar refractivity (Wildman–Crippen MR) is 124 cm³/mol. The van der Waals surface area contributed by atoms with E-state index in [1.807, 2.05) is 10.2 Å². The van der Waals surface area contributed by atoms with Crippen LogP contribution >= 0.6 is 0 Å². The Bertz CT molecular complexity index is 1540. The van der Waals surface area contributed by atoms with Crippen molar-refractivity contribution in [1.82, 2.24) is 15.0 Å². The van der Waals surface area contributed by atoms with Crippen LogP contribution in [0, 0.1) is 23.3 Å². The van der Waals surface area contributed by atoms with E-state index in [4.69, 9.17) is 4.74 Å². The van der Waals surface area contributed by atoms with Crippen LogP contribution in [0.5, 0.6) is 0 Å². The van der Waals surface area contributed by atoms with Crippen LogP contribution in [0.2, 0.25) is 0 Å². The van der Waals surface area contributed by atoms with Crippen molar-refractivity contribution in [2.24, 2.45) is 0 Å². The average Bonchev–Trinajstić information content (AvgIpc) is 2.91. The number of anilines is 2. The zero-order chi connectivity index (χ0) is 26.1. The number of rotatable bonds is 5. The van der Waals surface area contributed by atoms with E-state index in [2.05, 4.69) is 15.0 Å². The fourth-order valence-corrected chi connectivity index (χ4v) is 3.82. The number of ketones is 1. The highest BCUT2D eigenvalue weighted by Gasteiger charge is 2.27. The molecular formula is C25H17F4N5O3. The van der Waals surface area contributed by atoms with Crippen LogP contribution in [-0.2, 0) is 4.74 Å². The molecule has 1 aliphatic rings. The summed E-state index contributed by atoms with van der Waals surface area (Å²) in [5.41, 5.74) is -2.09. The Kier molecular flexibility index (Phi) is 6.49. The van der Waals surface area contributed by atoms with Crippen LogP contribution in [0.15, 0.2) is 48.8 Å². The van der Waals surface area contributed by atoms with E-state index >= 15 is 4.39 Å². The highest BCUT2D eigenvalue weighted by Crippen LogP contribution is 2.27. The summed E-state index contributed by atoms with van der Waals surface area (Å²) in [5.74, 6) is -7.30. The van der Waals surface area contributed by atoms with Crippen molar-refractivity contribution in [3.63, 3.8) is 0 Å². The number of fused-ring (bicyclic) bond motifs is 1. The van der Waals surface area contributed by atoms with Crippen LogP contribution in [0.1, 0.15) is 26.4 Å². The molecule has 5 rings (SSSR count). The normalized spacial score (nSPS) is 13.6. The van der Waals surface area contributed by atoms with Crippen LogP contribution in [-0.4, -0.2) is 52.9 Å². The fourth-order valence-electron chi connectivity index (χ4n) is 3.82. The Morgan fingerprint density at radius 2 is 1.70 bits per heavy atom. The molecule has 1 saturated heterocycles. The van der Waals surface area contributed by atoms with Crippen LogP contribution < -0.4 is 10.2 Å². The lowest BCUT2D eigenvalue weighted by molar-refractivity contribution is 0.101. The number of hydrogen-bond donors (Lipinski definition) is 1. The van der Waals surface area contributed by atoms with Crippen molar-refractivity contribution < 1.29 is 31.9 Å². The summed E-state index contributed by atoms with van der Waals surface area (Å²) < 4.78 is 63.0. The molecule has 0 spiro atoms. The highest BCUT2D eigenvalue weighted by molar-refractivity contribution is 6.11. The number of morpholine rings is 1. The molecule has 3 heterocycles. The zero-order valence-corrected chi connectivity index (χ0v) is 19.0. The molecule has 1 fully saturated rings. The van der Waals surface area contributed by atoms with Gasteiger partial charge in [0.2, 0.25) is 5.78 Å². The van der Waals surface area contributed by atoms with Gasteiger partial charge in [0.1, 0.15) is 28.4 Å². The summed E-state index contributed by atoms with van der Waals surface area (Å²) in [4.78, 5) is 40.0. The Morgan fingerprint density at radius 3 is 2.46 bits per heavy atom. The van der Waals surface area contributed by atoms with Crippen molar-refractivity contribution >= 4 is 34.2 Å². The number of nitrogens with zero attached hydrogens (tertiary/aromatic N) is 4. The number of carbonyl (C=O) groups is 2. The SMILES string of the molecule is O=C(Nc1cc(F)c(F)c(C(=O)c2cc3nc(N4CCOCC4)cnc3cn2)c1F)c1cccc(F)c1. The molecule has 0 saturated carbocycles. The first-order valence-corrected chi connectivity index (χ1v) is 11.1. The van der Waals surface area contributed by atoms with Gasteiger partial charge in [-0.25, -0.2) is 27.5 Å². The van der Waals surface area contributed by atoms with Gasteiger partial charge in [-0.1, -0.05) is 6.07 Å². The third-order valence-electron chi connectivity index (χ3n) is 5.70. The smallest absolute Gasteiger partial charge is 0.255 e. The van der Waals surface area contributed by atoms with Gasteiger partial charge < -0.3 is 15.0 Å². The Morgan fingerprint density at radius 1 is 0.919 bits per heavy atom. The molecule has 1 aliphatic heterocycles. The first-order chi connectivity index (χ1) is 17.8. The molecule has 2 aromatic heterocycles. The number of halogens is 4. The first-order valence-electron chi connectivity index (χ1n) is 11.1. The van der Waals surface area contributed by atoms with Crippen LogP contribution in [0.4, 0.5) is 29.1 Å². The minimum Gasteiger partial charge on any atom is -0.378 e. The van der Waals surface area contributed by atoms with Crippen molar-refractivity contribution in [3.05, 3.63) is 88.9 Å². The molecular weight excluding hydrogens is 494 g/mol. The molecule has 0 bridgehead atoms. The molecule has 12 heteroatoms. The van der Waals surface area contributed by atoms with E-state index in [0.29, 0.717) is 43.7 Å². The zero-order valence-electron chi connectivity index (χ0n) is 19.0. The molecule has 0 atom stereocenters. The second kappa shape index (κ2) is 9.90. The van der Waals surface area contributed by atoms with Gasteiger partial charge in [0, 0.05) is 24.7 Å².